The number of fused-ring (bicyclic) bond motifs is 1. The molecule has 132 valence electrons. The first kappa shape index (κ1) is 17.3. The molecule has 1 unspecified atom stereocenters. The molecule has 1 aliphatic carbocycles. The molecule has 3 rings (SSSR count). The van der Waals surface area contributed by atoms with Crippen molar-refractivity contribution in [2.24, 2.45) is 0 Å². The molecule has 1 aliphatic rings. The monoisotopic (exact) mass is 350 g/mol. The molecule has 0 fully saturated rings. The maximum atomic E-state index is 12.5. The third-order valence-corrected chi connectivity index (χ3v) is 4.34. The van der Waals surface area contributed by atoms with Crippen LogP contribution in [0.15, 0.2) is 48.5 Å². The average molecular weight is 350 g/mol. The molecule has 25 heavy (non-hydrogen) atoms. The summed E-state index contributed by atoms with van der Waals surface area (Å²) in [5.74, 6) is 0. The number of rotatable bonds is 3. The summed E-state index contributed by atoms with van der Waals surface area (Å²) in [5, 5.41) is 15.8. The molecule has 0 heterocycles. The van der Waals surface area contributed by atoms with Crippen LogP contribution in [0.5, 0.6) is 0 Å². The van der Waals surface area contributed by atoms with Gasteiger partial charge in [-0.05, 0) is 48.2 Å². The molecule has 3 N–H and O–H groups in total. The highest BCUT2D eigenvalue weighted by Crippen LogP contribution is 2.36. The number of alkyl halides is 3. The van der Waals surface area contributed by atoms with Crippen LogP contribution in [0, 0.1) is 0 Å². The van der Waals surface area contributed by atoms with Gasteiger partial charge in [-0.3, -0.25) is 0 Å². The summed E-state index contributed by atoms with van der Waals surface area (Å²) in [5.41, 5.74) is 0.174. The Bertz CT molecular complexity index is 775. The Morgan fingerprint density at radius 2 is 1.80 bits per heavy atom. The van der Waals surface area contributed by atoms with Gasteiger partial charge in [-0.1, -0.05) is 24.3 Å². The van der Waals surface area contributed by atoms with Crippen molar-refractivity contribution in [3.05, 3.63) is 65.2 Å². The number of aryl methyl sites for hydroxylation is 1. The van der Waals surface area contributed by atoms with Crippen molar-refractivity contribution in [2.45, 2.75) is 24.6 Å². The van der Waals surface area contributed by atoms with Gasteiger partial charge in [0.15, 0.2) is 0 Å². The Kier molecular flexibility index (Phi) is 4.43. The fourth-order valence-electron chi connectivity index (χ4n) is 3.00. The van der Waals surface area contributed by atoms with Gasteiger partial charge in [0.2, 0.25) is 0 Å². The first-order valence-corrected chi connectivity index (χ1v) is 7.81. The highest BCUT2D eigenvalue weighted by Gasteiger charge is 2.36. The van der Waals surface area contributed by atoms with Crippen LogP contribution < -0.4 is 10.6 Å². The van der Waals surface area contributed by atoms with Gasteiger partial charge in [0.25, 0.3) is 0 Å². The molecule has 0 saturated carbocycles. The molecule has 2 aromatic carbocycles. The minimum Gasteiger partial charge on any atom is -0.383 e. The van der Waals surface area contributed by atoms with Crippen LogP contribution >= 0.6 is 0 Å². The second-order valence-electron chi connectivity index (χ2n) is 6.07. The number of amides is 2. The molecular formula is C18H17F3N2O2. The van der Waals surface area contributed by atoms with E-state index in [2.05, 4.69) is 10.6 Å². The number of carbonyl (C=O) groups excluding carboxylic acids is 1. The zero-order chi connectivity index (χ0) is 18.1. The molecule has 2 amide bonds. The van der Waals surface area contributed by atoms with E-state index in [1.54, 1.807) is 0 Å². The maximum Gasteiger partial charge on any atom is 0.416 e. The van der Waals surface area contributed by atoms with Crippen LogP contribution in [0.2, 0.25) is 0 Å². The summed E-state index contributed by atoms with van der Waals surface area (Å²) in [6, 6.07) is 11.1. The van der Waals surface area contributed by atoms with Crippen LogP contribution in [0.1, 0.15) is 23.1 Å². The highest BCUT2D eigenvalue weighted by molar-refractivity contribution is 5.89. The lowest BCUT2D eigenvalue weighted by Gasteiger charge is -2.24. The van der Waals surface area contributed by atoms with Gasteiger partial charge in [-0.25, -0.2) is 4.79 Å². The van der Waals surface area contributed by atoms with Gasteiger partial charge in [-0.2, -0.15) is 13.2 Å². The predicted molar refractivity (Wildman–Crippen MR) is 87.1 cm³/mol. The number of hydrogen-bond donors (Lipinski definition) is 3. The minimum absolute atomic E-state index is 0.0243. The summed E-state index contributed by atoms with van der Waals surface area (Å²) in [4.78, 5) is 11.9. The van der Waals surface area contributed by atoms with E-state index in [1.165, 1.54) is 12.1 Å². The molecule has 0 aromatic heterocycles. The van der Waals surface area contributed by atoms with Crippen LogP contribution in [0.25, 0.3) is 0 Å². The van der Waals surface area contributed by atoms with Crippen molar-refractivity contribution in [3.63, 3.8) is 0 Å². The number of urea groups is 1. The van der Waals surface area contributed by atoms with Crippen molar-refractivity contribution in [3.8, 4) is 0 Å². The number of benzene rings is 2. The minimum atomic E-state index is -4.42. The third kappa shape index (κ3) is 3.76. The Labute approximate surface area is 142 Å². The van der Waals surface area contributed by atoms with Crippen molar-refractivity contribution >= 4 is 11.7 Å². The summed E-state index contributed by atoms with van der Waals surface area (Å²) in [6.07, 6.45) is -3.18. The molecule has 0 radical (unpaired) electrons. The first-order chi connectivity index (χ1) is 11.8. The lowest BCUT2D eigenvalue weighted by atomic mass is 9.96. The second-order valence-corrected chi connectivity index (χ2v) is 6.07. The SMILES string of the molecule is O=C(NCC1(O)CCc2ccccc21)Nc1ccc(C(F)(F)F)cc1. The molecule has 0 aliphatic heterocycles. The Hall–Kier alpha value is -2.54. The zero-order valence-corrected chi connectivity index (χ0v) is 13.2. The number of halogens is 3. The molecule has 1 atom stereocenters. The molecule has 4 nitrogen and oxygen atoms in total. The number of nitrogens with one attached hydrogen (secondary N) is 2. The van der Waals surface area contributed by atoms with E-state index in [9.17, 15) is 23.1 Å². The Balaban J connectivity index is 1.59. The number of aliphatic hydroxyl groups is 1. The molecule has 0 spiro atoms. The fourth-order valence-corrected chi connectivity index (χ4v) is 3.00. The van der Waals surface area contributed by atoms with Gasteiger partial charge in [-0.15, -0.1) is 0 Å². The van der Waals surface area contributed by atoms with Crippen molar-refractivity contribution in [1.82, 2.24) is 5.32 Å². The number of anilines is 1. The van der Waals surface area contributed by atoms with Crippen LogP contribution in [-0.4, -0.2) is 17.7 Å². The van der Waals surface area contributed by atoms with Crippen molar-refractivity contribution < 1.29 is 23.1 Å². The number of carbonyl (C=O) groups is 1. The molecule has 2 aromatic rings. The second kappa shape index (κ2) is 6.40. The van der Waals surface area contributed by atoms with E-state index in [-0.39, 0.29) is 12.2 Å². The summed E-state index contributed by atoms with van der Waals surface area (Å²) in [7, 11) is 0. The molecular weight excluding hydrogens is 333 g/mol. The van der Waals surface area contributed by atoms with Gasteiger partial charge < -0.3 is 15.7 Å². The van der Waals surface area contributed by atoms with E-state index in [1.807, 2.05) is 24.3 Å². The van der Waals surface area contributed by atoms with Crippen molar-refractivity contribution in [2.75, 3.05) is 11.9 Å². The van der Waals surface area contributed by atoms with Crippen LogP contribution in [0.3, 0.4) is 0 Å². The van der Waals surface area contributed by atoms with E-state index in [0.29, 0.717) is 6.42 Å². The topological polar surface area (TPSA) is 61.4 Å². The summed E-state index contributed by atoms with van der Waals surface area (Å²) < 4.78 is 37.5. The quantitative estimate of drug-likeness (QED) is 0.791. The summed E-state index contributed by atoms with van der Waals surface area (Å²) >= 11 is 0. The predicted octanol–water partition coefficient (Wildman–Crippen LogP) is 3.66. The van der Waals surface area contributed by atoms with Gasteiger partial charge in [0.1, 0.15) is 5.60 Å². The number of hydrogen-bond acceptors (Lipinski definition) is 2. The standard InChI is InChI=1S/C18H17F3N2O2/c19-18(20,21)13-5-7-14(8-6-13)23-16(24)22-11-17(25)10-9-12-3-1-2-4-15(12)17/h1-8,25H,9-11H2,(H2,22,23,24). The van der Waals surface area contributed by atoms with Gasteiger partial charge in [0, 0.05) is 5.69 Å². The van der Waals surface area contributed by atoms with Gasteiger partial charge >= 0.3 is 12.2 Å². The lowest BCUT2D eigenvalue weighted by Crippen LogP contribution is -2.41. The smallest absolute Gasteiger partial charge is 0.383 e. The largest absolute Gasteiger partial charge is 0.416 e. The zero-order valence-electron chi connectivity index (χ0n) is 13.2. The molecule has 0 saturated heterocycles. The van der Waals surface area contributed by atoms with E-state index in [0.717, 1.165) is 29.7 Å². The highest BCUT2D eigenvalue weighted by atomic mass is 19.4. The van der Waals surface area contributed by atoms with Crippen LogP contribution in [0.4, 0.5) is 23.7 Å². The first-order valence-electron chi connectivity index (χ1n) is 7.81. The molecule has 7 heteroatoms. The summed E-state index contributed by atoms with van der Waals surface area (Å²) in [6.45, 7) is 0.0243. The molecule has 0 bridgehead atoms. The fraction of sp³-hybridized carbons (Fsp3) is 0.278. The lowest BCUT2D eigenvalue weighted by molar-refractivity contribution is -0.137. The average Bonchev–Trinajstić information content (AvgIpc) is 2.91. The Morgan fingerprint density at radius 1 is 1.12 bits per heavy atom. The normalized spacial score (nSPS) is 19.4. The van der Waals surface area contributed by atoms with Crippen LogP contribution in [-0.2, 0) is 18.2 Å². The third-order valence-electron chi connectivity index (χ3n) is 4.34. The Morgan fingerprint density at radius 3 is 2.48 bits per heavy atom. The van der Waals surface area contributed by atoms with E-state index >= 15 is 0 Å². The maximum absolute atomic E-state index is 12.5. The van der Waals surface area contributed by atoms with Crippen molar-refractivity contribution in [1.29, 1.82) is 0 Å². The van der Waals surface area contributed by atoms with E-state index in [4.69, 9.17) is 0 Å². The van der Waals surface area contributed by atoms with E-state index < -0.39 is 23.4 Å². The van der Waals surface area contributed by atoms with Gasteiger partial charge in [0.05, 0.1) is 12.1 Å².